The quantitative estimate of drug-likeness (QED) is 0.385. The molecule has 8 rings (SSSR count). The van der Waals surface area contributed by atoms with Crippen LogP contribution in [0.5, 0.6) is 0 Å². The number of likely N-dealkylation sites (tertiary alicyclic amines) is 2. The third-order valence-electron chi connectivity index (χ3n) is 9.05. The van der Waals surface area contributed by atoms with Crippen molar-refractivity contribution < 1.29 is 13.6 Å². The molecular weight excluding hydrogens is 528 g/mol. The Labute approximate surface area is 234 Å². The monoisotopic (exact) mass is 557 g/mol. The van der Waals surface area contributed by atoms with Gasteiger partial charge < -0.3 is 9.88 Å². The van der Waals surface area contributed by atoms with Crippen molar-refractivity contribution in [2.75, 3.05) is 19.6 Å². The van der Waals surface area contributed by atoms with Crippen molar-refractivity contribution in [3.8, 4) is 17.2 Å². The van der Waals surface area contributed by atoms with Crippen molar-refractivity contribution in [3.05, 3.63) is 69.8 Å². The summed E-state index contributed by atoms with van der Waals surface area (Å²) in [5.41, 5.74) is 3.31. The Kier molecular flexibility index (Phi) is 5.60. The summed E-state index contributed by atoms with van der Waals surface area (Å²) >= 11 is 0. The molecule has 2 aliphatic carbocycles. The molecule has 5 heterocycles. The molecule has 0 radical (unpaired) electrons. The number of aromatic amines is 1. The largest absolute Gasteiger partial charge is 0.351 e. The highest BCUT2D eigenvalue weighted by Gasteiger charge is 2.38. The van der Waals surface area contributed by atoms with Crippen LogP contribution in [0.1, 0.15) is 59.8 Å². The lowest BCUT2D eigenvalue weighted by atomic mass is 10.00. The van der Waals surface area contributed by atoms with Gasteiger partial charge in [-0.2, -0.15) is 0 Å². The van der Waals surface area contributed by atoms with Crippen LogP contribution in [0.4, 0.5) is 8.78 Å². The van der Waals surface area contributed by atoms with E-state index in [0.717, 1.165) is 49.3 Å². The maximum absolute atomic E-state index is 14.3. The van der Waals surface area contributed by atoms with Crippen molar-refractivity contribution in [3.63, 3.8) is 0 Å². The molecule has 41 heavy (non-hydrogen) atoms. The van der Waals surface area contributed by atoms with E-state index in [2.05, 4.69) is 19.9 Å². The molecule has 210 valence electrons. The molecule has 1 aromatic carbocycles. The Bertz CT molecular complexity index is 1760. The van der Waals surface area contributed by atoms with E-state index >= 15 is 0 Å². The second kappa shape index (κ2) is 9.27. The fourth-order valence-corrected chi connectivity index (χ4v) is 6.69. The van der Waals surface area contributed by atoms with Crippen LogP contribution in [-0.4, -0.2) is 72.1 Å². The van der Waals surface area contributed by atoms with Crippen molar-refractivity contribution in [1.29, 1.82) is 0 Å². The van der Waals surface area contributed by atoms with Gasteiger partial charge in [0, 0.05) is 42.0 Å². The number of hydrogen-bond acceptors (Lipinski definition) is 6. The molecule has 2 bridgehead atoms. The Hall–Kier alpha value is -3.99. The maximum atomic E-state index is 14.3. The van der Waals surface area contributed by atoms with Crippen LogP contribution < -0.4 is 5.56 Å². The fraction of sp³-hybridized carbons (Fsp3) is 0.433. The summed E-state index contributed by atoms with van der Waals surface area (Å²) in [6.07, 6.45) is 6.10. The van der Waals surface area contributed by atoms with Gasteiger partial charge in [0.05, 0.1) is 29.9 Å². The third kappa shape index (κ3) is 4.34. The van der Waals surface area contributed by atoms with E-state index in [1.54, 1.807) is 6.07 Å². The van der Waals surface area contributed by atoms with Crippen LogP contribution in [0.15, 0.2) is 41.5 Å². The van der Waals surface area contributed by atoms with Crippen molar-refractivity contribution in [1.82, 2.24) is 34.3 Å². The minimum absolute atomic E-state index is 0.0185. The summed E-state index contributed by atoms with van der Waals surface area (Å²) in [5, 5.41) is 0. The van der Waals surface area contributed by atoms with Gasteiger partial charge in [0.25, 0.3) is 11.5 Å². The highest BCUT2D eigenvalue weighted by atomic mass is 19.1. The lowest BCUT2D eigenvalue weighted by Gasteiger charge is -2.34. The summed E-state index contributed by atoms with van der Waals surface area (Å²) in [7, 11) is 0. The second-order valence-corrected chi connectivity index (χ2v) is 12.0. The zero-order chi connectivity index (χ0) is 27.8. The molecule has 2 atom stereocenters. The van der Waals surface area contributed by atoms with Crippen LogP contribution in [0.25, 0.3) is 28.2 Å². The van der Waals surface area contributed by atoms with Gasteiger partial charge in [0.1, 0.15) is 23.8 Å². The van der Waals surface area contributed by atoms with Gasteiger partial charge in [-0.1, -0.05) is 0 Å². The normalized spacial score (nSPS) is 22.5. The molecule has 2 saturated heterocycles. The van der Waals surface area contributed by atoms with E-state index in [1.165, 1.54) is 47.2 Å². The van der Waals surface area contributed by atoms with E-state index in [4.69, 9.17) is 4.98 Å². The van der Waals surface area contributed by atoms with E-state index < -0.39 is 17.9 Å². The number of carbonyl (C=O) groups excluding carboxylic acids is 1. The molecule has 2 aliphatic heterocycles. The molecule has 4 fully saturated rings. The van der Waals surface area contributed by atoms with E-state index in [1.807, 2.05) is 6.07 Å². The highest BCUT2D eigenvalue weighted by molar-refractivity contribution is 6.01. The second-order valence-electron chi connectivity index (χ2n) is 12.0. The first-order valence-corrected chi connectivity index (χ1v) is 14.4. The maximum Gasteiger partial charge on any atom is 0.284 e. The van der Waals surface area contributed by atoms with E-state index in [0.29, 0.717) is 28.3 Å². The molecule has 4 aromatic rings. The SMILES string of the molecule is O=C(c1cc(F)ccc1-c1cc(C2CC2)nc(-n2cnc3cc(CN4CC5CCC4C5)[nH]c3c2=O)n1)N1CC(F)C1. The first-order valence-electron chi connectivity index (χ1n) is 14.4. The number of fused-ring (bicyclic) bond motifs is 3. The van der Waals surface area contributed by atoms with Crippen LogP contribution in [0.2, 0.25) is 0 Å². The third-order valence-corrected chi connectivity index (χ3v) is 9.05. The highest BCUT2D eigenvalue weighted by Crippen LogP contribution is 2.41. The smallest absolute Gasteiger partial charge is 0.284 e. The number of aromatic nitrogens is 5. The van der Waals surface area contributed by atoms with Crippen LogP contribution in [0, 0.1) is 11.7 Å². The zero-order valence-corrected chi connectivity index (χ0v) is 22.4. The van der Waals surface area contributed by atoms with Gasteiger partial charge in [0.2, 0.25) is 5.95 Å². The molecule has 1 N–H and O–H groups in total. The van der Waals surface area contributed by atoms with Crippen molar-refractivity contribution in [2.24, 2.45) is 5.92 Å². The average molecular weight is 558 g/mol. The lowest BCUT2D eigenvalue weighted by molar-refractivity contribution is 0.0400. The summed E-state index contributed by atoms with van der Waals surface area (Å²) in [5.74, 6) is 0.131. The predicted molar refractivity (Wildman–Crippen MR) is 147 cm³/mol. The number of amides is 1. The Morgan fingerprint density at radius 1 is 1.05 bits per heavy atom. The van der Waals surface area contributed by atoms with E-state index in [9.17, 15) is 18.4 Å². The molecule has 11 heteroatoms. The number of alkyl halides is 1. The molecule has 4 aliphatic rings. The van der Waals surface area contributed by atoms with Crippen LogP contribution >= 0.6 is 0 Å². The Balaban J connectivity index is 1.18. The summed E-state index contributed by atoms with van der Waals surface area (Å²) in [6.45, 7) is 1.82. The topological polar surface area (TPSA) is 100 Å². The molecule has 9 nitrogen and oxygen atoms in total. The number of halogens is 2. The molecule has 2 saturated carbocycles. The fourth-order valence-electron chi connectivity index (χ4n) is 6.69. The predicted octanol–water partition coefficient (Wildman–Crippen LogP) is 3.97. The number of nitrogens with one attached hydrogen (secondary N) is 1. The number of nitrogens with zero attached hydrogens (tertiary/aromatic N) is 6. The number of rotatable bonds is 6. The number of benzene rings is 1. The first kappa shape index (κ1) is 24.8. The minimum Gasteiger partial charge on any atom is -0.351 e. The Morgan fingerprint density at radius 3 is 2.63 bits per heavy atom. The van der Waals surface area contributed by atoms with Gasteiger partial charge in [0.15, 0.2) is 0 Å². The lowest BCUT2D eigenvalue weighted by Crippen LogP contribution is -2.51. The standard InChI is InChI=1S/C30H29F2N7O2/c31-18-4-6-22(23(8-18)28(40)38-12-19(32)13-38)25-10-24(17-2-3-17)35-30(36-25)39-15-33-26-9-20(34-27(26)29(39)41)14-37-11-16-1-5-21(37)7-16/h4,6,8-10,15-17,19,21,34H,1-3,5,7,11-14H2. The van der Waals surface area contributed by atoms with Gasteiger partial charge in [-0.25, -0.2) is 28.3 Å². The van der Waals surface area contributed by atoms with Gasteiger partial charge >= 0.3 is 0 Å². The zero-order valence-electron chi connectivity index (χ0n) is 22.4. The molecule has 2 unspecified atom stereocenters. The molecule has 0 spiro atoms. The average Bonchev–Trinajstić information content (AvgIpc) is 3.39. The van der Waals surface area contributed by atoms with E-state index in [-0.39, 0.29) is 36.1 Å². The molecule has 3 aromatic heterocycles. The summed E-state index contributed by atoms with van der Waals surface area (Å²) in [4.78, 5) is 47.9. The van der Waals surface area contributed by atoms with Gasteiger partial charge in [-0.15, -0.1) is 0 Å². The van der Waals surface area contributed by atoms with Gasteiger partial charge in [-0.05, 0) is 68.4 Å². The summed E-state index contributed by atoms with van der Waals surface area (Å²) < 4.78 is 29.1. The van der Waals surface area contributed by atoms with Gasteiger partial charge in [-0.3, -0.25) is 14.5 Å². The number of carbonyl (C=O) groups is 1. The number of hydrogen-bond donors (Lipinski definition) is 1. The van der Waals surface area contributed by atoms with Crippen LogP contribution in [0.3, 0.4) is 0 Å². The number of H-pyrrole nitrogens is 1. The van der Waals surface area contributed by atoms with Crippen molar-refractivity contribution >= 4 is 16.9 Å². The molecule has 1 amide bonds. The van der Waals surface area contributed by atoms with Crippen molar-refractivity contribution in [2.45, 2.75) is 56.8 Å². The number of piperidine rings is 1. The first-order chi connectivity index (χ1) is 19.9. The Morgan fingerprint density at radius 2 is 1.90 bits per heavy atom. The minimum atomic E-state index is -1.07. The van der Waals surface area contributed by atoms with Crippen LogP contribution in [-0.2, 0) is 6.54 Å². The molecular formula is C30H29F2N7O2. The summed E-state index contributed by atoms with van der Waals surface area (Å²) in [6, 6.07) is 8.29.